The highest BCUT2D eigenvalue weighted by Gasteiger charge is 2.18. The van der Waals surface area contributed by atoms with Crippen molar-refractivity contribution in [2.45, 2.75) is 0 Å². The molecular weight excluding hydrogens is 390 g/mol. The van der Waals surface area contributed by atoms with Gasteiger partial charge in [-0.1, -0.05) is 29.8 Å². The van der Waals surface area contributed by atoms with Crippen LogP contribution < -0.4 is 16.8 Å². The molecule has 5 N–H and O–H groups in total. The van der Waals surface area contributed by atoms with Crippen LogP contribution in [-0.2, 0) is 0 Å². The topological polar surface area (TPSA) is 125 Å². The Kier molecular flexibility index (Phi) is 4.84. The number of nitrogen functional groups attached to an aromatic ring is 2. The van der Waals surface area contributed by atoms with E-state index in [2.05, 4.69) is 20.4 Å². The predicted molar refractivity (Wildman–Crippen MR) is 113 cm³/mol. The lowest BCUT2D eigenvalue weighted by Crippen LogP contribution is -2.15. The van der Waals surface area contributed by atoms with Crippen LogP contribution in [0.1, 0.15) is 10.4 Å². The van der Waals surface area contributed by atoms with Crippen molar-refractivity contribution in [3.8, 4) is 16.8 Å². The molecule has 3 aromatic heterocycles. The smallest absolute Gasteiger partial charge is 0.262 e. The van der Waals surface area contributed by atoms with Crippen LogP contribution in [0.4, 0.5) is 17.5 Å². The average molecular weight is 406 g/mol. The Labute approximate surface area is 171 Å². The van der Waals surface area contributed by atoms with Crippen molar-refractivity contribution in [1.82, 2.24) is 19.7 Å². The maximum absolute atomic E-state index is 12.6. The Hall–Kier alpha value is -3.91. The maximum atomic E-state index is 12.6. The standard InChI is InChI=1S/C20H16ClN7O/c21-13-6-8-18(25-10-13)27-20(29)15-11-26-28(19(15)23)16-4-2-1-3-14(16)12-5-7-17(22)24-9-12/h1-11H,23H2,(H2,22,24)(H,25,27,29). The Balaban J connectivity index is 1.68. The van der Waals surface area contributed by atoms with Crippen LogP contribution in [0, 0.1) is 0 Å². The maximum Gasteiger partial charge on any atom is 0.262 e. The second kappa shape index (κ2) is 7.61. The van der Waals surface area contributed by atoms with Crippen LogP contribution in [0.15, 0.2) is 67.1 Å². The number of anilines is 3. The van der Waals surface area contributed by atoms with Crippen LogP contribution >= 0.6 is 11.6 Å². The van der Waals surface area contributed by atoms with E-state index in [1.54, 1.807) is 24.4 Å². The molecule has 0 unspecified atom stereocenters. The molecule has 3 heterocycles. The van der Waals surface area contributed by atoms with Crippen molar-refractivity contribution in [2.75, 3.05) is 16.8 Å². The van der Waals surface area contributed by atoms with E-state index in [1.807, 2.05) is 30.3 Å². The molecule has 8 nitrogen and oxygen atoms in total. The second-order valence-electron chi connectivity index (χ2n) is 6.16. The van der Waals surface area contributed by atoms with E-state index in [-0.39, 0.29) is 11.4 Å². The number of carbonyl (C=O) groups is 1. The largest absolute Gasteiger partial charge is 0.384 e. The predicted octanol–water partition coefficient (Wildman–Crippen LogP) is 3.40. The quantitative estimate of drug-likeness (QED) is 0.478. The third kappa shape index (κ3) is 3.74. The van der Waals surface area contributed by atoms with Gasteiger partial charge in [-0.3, -0.25) is 4.79 Å². The van der Waals surface area contributed by atoms with Crippen LogP contribution in [0.2, 0.25) is 5.02 Å². The second-order valence-corrected chi connectivity index (χ2v) is 6.60. The van der Waals surface area contributed by atoms with Gasteiger partial charge in [0.1, 0.15) is 23.0 Å². The average Bonchev–Trinajstić information content (AvgIpc) is 3.12. The summed E-state index contributed by atoms with van der Waals surface area (Å²) in [5, 5.41) is 7.46. The summed E-state index contributed by atoms with van der Waals surface area (Å²) in [5.74, 6) is 0.571. The van der Waals surface area contributed by atoms with Crippen molar-refractivity contribution in [1.29, 1.82) is 0 Å². The molecule has 0 aliphatic carbocycles. The molecule has 0 bridgehead atoms. The van der Waals surface area contributed by atoms with Crippen molar-refractivity contribution >= 4 is 35.0 Å². The number of amides is 1. The molecule has 0 fully saturated rings. The fourth-order valence-corrected chi connectivity index (χ4v) is 2.94. The monoisotopic (exact) mass is 405 g/mol. The Bertz CT molecular complexity index is 1170. The number of pyridine rings is 2. The zero-order chi connectivity index (χ0) is 20.4. The Morgan fingerprint density at radius 3 is 2.52 bits per heavy atom. The van der Waals surface area contributed by atoms with E-state index in [0.717, 1.165) is 11.1 Å². The summed E-state index contributed by atoms with van der Waals surface area (Å²) < 4.78 is 1.51. The fraction of sp³-hybridized carbons (Fsp3) is 0. The number of aromatic nitrogens is 4. The van der Waals surface area contributed by atoms with Gasteiger partial charge >= 0.3 is 0 Å². The molecule has 0 saturated carbocycles. The number of rotatable bonds is 4. The highest BCUT2D eigenvalue weighted by molar-refractivity contribution is 6.30. The number of carbonyl (C=O) groups excluding carboxylic acids is 1. The van der Waals surface area contributed by atoms with Gasteiger partial charge in [0, 0.05) is 23.5 Å². The van der Waals surface area contributed by atoms with Gasteiger partial charge in [-0.05, 0) is 30.3 Å². The summed E-state index contributed by atoms with van der Waals surface area (Å²) in [6.07, 6.45) is 4.53. The van der Waals surface area contributed by atoms with Crippen LogP contribution in [0.25, 0.3) is 16.8 Å². The van der Waals surface area contributed by atoms with Crippen molar-refractivity contribution < 1.29 is 4.79 Å². The first kappa shape index (κ1) is 18.5. The summed E-state index contributed by atoms with van der Waals surface area (Å²) in [4.78, 5) is 20.8. The zero-order valence-corrected chi connectivity index (χ0v) is 15.8. The van der Waals surface area contributed by atoms with Crippen molar-refractivity contribution in [3.63, 3.8) is 0 Å². The normalized spacial score (nSPS) is 10.7. The first-order valence-electron chi connectivity index (χ1n) is 8.60. The summed E-state index contributed by atoms with van der Waals surface area (Å²) in [6.45, 7) is 0. The molecular formula is C20H16ClN7O. The fourth-order valence-electron chi connectivity index (χ4n) is 2.83. The SMILES string of the molecule is Nc1ccc(-c2ccccc2-n2ncc(C(=O)Nc3ccc(Cl)cn3)c2N)cn1. The molecule has 9 heteroatoms. The van der Waals surface area contributed by atoms with Gasteiger partial charge < -0.3 is 16.8 Å². The van der Waals surface area contributed by atoms with Gasteiger partial charge in [0.25, 0.3) is 5.91 Å². The van der Waals surface area contributed by atoms with Gasteiger partial charge in [-0.15, -0.1) is 0 Å². The lowest BCUT2D eigenvalue weighted by molar-refractivity contribution is 0.102. The molecule has 0 radical (unpaired) electrons. The summed E-state index contributed by atoms with van der Waals surface area (Å²) >= 11 is 5.82. The minimum Gasteiger partial charge on any atom is -0.384 e. The number of hydrogen-bond acceptors (Lipinski definition) is 6. The lowest BCUT2D eigenvalue weighted by Gasteiger charge is -2.11. The lowest BCUT2D eigenvalue weighted by atomic mass is 10.1. The molecule has 29 heavy (non-hydrogen) atoms. The van der Waals surface area contributed by atoms with Gasteiger partial charge in [0.2, 0.25) is 0 Å². The highest BCUT2D eigenvalue weighted by atomic mass is 35.5. The molecule has 144 valence electrons. The molecule has 0 aliphatic heterocycles. The third-order valence-corrected chi connectivity index (χ3v) is 4.47. The van der Waals surface area contributed by atoms with E-state index in [9.17, 15) is 4.79 Å². The van der Waals surface area contributed by atoms with E-state index in [1.165, 1.54) is 17.1 Å². The first-order valence-corrected chi connectivity index (χ1v) is 8.98. The molecule has 1 aromatic carbocycles. The third-order valence-electron chi connectivity index (χ3n) is 4.25. The number of nitrogens with one attached hydrogen (secondary N) is 1. The highest BCUT2D eigenvalue weighted by Crippen LogP contribution is 2.29. The van der Waals surface area contributed by atoms with Crippen molar-refractivity contribution in [2.24, 2.45) is 0 Å². The molecule has 0 aliphatic rings. The van der Waals surface area contributed by atoms with Crippen molar-refractivity contribution in [3.05, 3.63) is 77.7 Å². The van der Waals surface area contributed by atoms with Gasteiger partial charge in [-0.2, -0.15) is 5.10 Å². The summed E-state index contributed by atoms with van der Waals surface area (Å²) in [7, 11) is 0. The first-order chi connectivity index (χ1) is 14.0. The van der Waals surface area contributed by atoms with Gasteiger partial charge in [0.05, 0.1) is 16.9 Å². The van der Waals surface area contributed by atoms with E-state index >= 15 is 0 Å². The molecule has 0 saturated heterocycles. The van der Waals surface area contributed by atoms with Crippen LogP contribution in [0.5, 0.6) is 0 Å². The number of halogens is 1. The molecule has 4 rings (SSSR count). The van der Waals surface area contributed by atoms with Gasteiger partial charge in [-0.25, -0.2) is 14.6 Å². The number of para-hydroxylation sites is 1. The number of benzene rings is 1. The van der Waals surface area contributed by atoms with Gasteiger partial charge in [0.15, 0.2) is 0 Å². The van der Waals surface area contributed by atoms with Crippen LogP contribution in [0.3, 0.4) is 0 Å². The van der Waals surface area contributed by atoms with E-state index in [4.69, 9.17) is 23.1 Å². The Morgan fingerprint density at radius 1 is 0.966 bits per heavy atom. The molecule has 4 aromatic rings. The molecule has 0 spiro atoms. The minimum atomic E-state index is -0.421. The minimum absolute atomic E-state index is 0.201. The summed E-state index contributed by atoms with van der Waals surface area (Å²) in [6, 6.07) is 14.4. The van der Waals surface area contributed by atoms with E-state index < -0.39 is 5.91 Å². The van der Waals surface area contributed by atoms with E-state index in [0.29, 0.717) is 22.3 Å². The summed E-state index contributed by atoms with van der Waals surface area (Å²) in [5.41, 5.74) is 14.6. The number of hydrogen-bond donors (Lipinski definition) is 3. The number of nitrogens with zero attached hydrogens (tertiary/aromatic N) is 4. The number of nitrogens with two attached hydrogens (primary N) is 2. The van der Waals surface area contributed by atoms with Crippen LogP contribution in [-0.4, -0.2) is 25.7 Å². The Morgan fingerprint density at radius 2 is 1.79 bits per heavy atom. The zero-order valence-electron chi connectivity index (χ0n) is 15.1. The molecule has 0 atom stereocenters. The molecule has 1 amide bonds.